The number of fused-ring (bicyclic) bond motifs is 1. The van der Waals surface area contributed by atoms with Crippen molar-refractivity contribution in [2.45, 2.75) is 6.61 Å². The first-order valence-corrected chi connectivity index (χ1v) is 6.98. The molecule has 3 aromatic carbocycles. The number of benzene rings is 3. The lowest BCUT2D eigenvalue weighted by molar-refractivity contribution is -0.139. The van der Waals surface area contributed by atoms with Gasteiger partial charge >= 0.3 is 5.97 Å². The summed E-state index contributed by atoms with van der Waals surface area (Å²) in [5.74, 6) is -1.46. The smallest absolute Gasteiger partial charge is 0.380 e. The average molecular weight is 290 g/mol. The molecule has 0 N–H and O–H groups in total. The zero-order valence-corrected chi connectivity index (χ0v) is 11.9. The van der Waals surface area contributed by atoms with Crippen LogP contribution in [0.4, 0.5) is 0 Å². The van der Waals surface area contributed by atoms with E-state index in [-0.39, 0.29) is 6.61 Å². The molecule has 0 atom stereocenters. The Morgan fingerprint density at radius 2 is 1.45 bits per heavy atom. The lowest BCUT2D eigenvalue weighted by atomic mass is 10.0. The summed E-state index contributed by atoms with van der Waals surface area (Å²) >= 11 is 0. The van der Waals surface area contributed by atoms with Crippen molar-refractivity contribution in [2.75, 3.05) is 0 Å². The zero-order valence-electron chi connectivity index (χ0n) is 11.9. The fourth-order valence-electron chi connectivity index (χ4n) is 2.24. The van der Waals surface area contributed by atoms with Gasteiger partial charge in [0, 0.05) is 5.56 Å². The lowest BCUT2D eigenvalue weighted by Gasteiger charge is -2.05. The second-order valence-corrected chi connectivity index (χ2v) is 4.95. The summed E-state index contributed by atoms with van der Waals surface area (Å²) in [6.45, 7) is 0.0962. The molecule has 3 heteroatoms. The second kappa shape index (κ2) is 6.22. The van der Waals surface area contributed by atoms with Crippen molar-refractivity contribution < 1.29 is 14.3 Å². The van der Waals surface area contributed by atoms with E-state index in [0.29, 0.717) is 5.56 Å². The van der Waals surface area contributed by atoms with Gasteiger partial charge in [0.25, 0.3) is 5.78 Å². The highest BCUT2D eigenvalue weighted by Crippen LogP contribution is 2.16. The Bertz CT molecular complexity index is 822. The van der Waals surface area contributed by atoms with Crippen molar-refractivity contribution in [1.82, 2.24) is 0 Å². The maximum atomic E-state index is 12.1. The number of carbonyl (C=O) groups is 2. The van der Waals surface area contributed by atoms with Gasteiger partial charge in [-0.2, -0.15) is 0 Å². The van der Waals surface area contributed by atoms with E-state index < -0.39 is 11.8 Å². The Balaban J connectivity index is 1.73. The van der Waals surface area contributed by atoms with E-state index in [4.69, 9.17) is 4.74 Å². The highest BCUT2D eigenvalue weighted by Gasteiger charge is 2.18. The third kappa shape index (κ3) is 3.04. The largest absolute Gasteiger partial charge is 0.455 e. The molecule has 3 nitrogen and oxygen atoms in total. The molecule has 0 unspecified atom stereocenters. The van der Waals surface area contributed by atoms with Crippen LogP contribution in [-0.4, -0.2) is 11.8 Å². The standard InChI is InChI=1S/C19H14O3/c20-18(19(21)22-13-14-6-2-1-3-7-14)17-11-10-15-8-4-5-9-16(15)12-17/h1-12H,13H2. The minimum atomic E-state index is -0.834. The number of esters is 1. The maximum Gasteiger partial charge on any atom is 0.380 e. The predicted octanol–water partition coefficient (Wildman–Crippen LogP) is 3.77. The minimum absolute atomic E-state index is 0.0962. The van der Waals surface area contributed by atoms with Crippen molar-refractivity contribution in [3.63, 3.8) is 0 Å². The van der Waals surface area contributed by atoms with E-state index in [1.54, 1.807) is 12.1 Å². The maximum absolute atomic E-state index is 12.1. The van der Waals surface area contributed by atoms with Crippen LogP contribution in [0.2, 0.25) is 0 Å². The van der Waals surface area contributed by atoms with Gasteiger partial charge in [0.1, 0.15) is 6.61 Å². The fraction of sp³-hybridized carbons (Fsp3) is 0.0526. The SMILES string of the molecule is O=C(OCc1ccccc1)C(=O)c1ccc2ccccc2c1. The van der Waals surface area contributed by atoms with Crippen molar-refractivity contribution in [1.29, 1.82) is 0 Å². The van der Waals surface area contributed by atoms with Crippen molar-refractivity contribution >= 4 is 22.5 Å². The number of ether oxygens (including phenoxy) is 1. The van der Waals surface area contributed by atoms with Gasteiger partial charge in [-0.3, -0.25) is 4.79 Å². The number of ketones is 1. The molecule has 0 heterocycles. The Morgan fingerprint density at radius 1 is 0.773 bits per heavy atom. The molecule has 0 amide bonds. The topological polar surface area (TPSA) is 43.4 Å². The predicted molar refractivity (Wildman–Crippen MR) is 84.5 cm³/mol. The quantitative estimate of drug-likeness (QED) is 0.417. The van der Waals surface area contributed by atoms with Gasteiger partial charge in [-0.1, -0.05) is 66.7 Å². The van der Waals surface area contributed by atoms with Crippen LogP contribution in [0, 0.1) is 0 Å². The highest BCUT2D eigenvalue weighted by atomic mass is 16.5. The van der Waals surface area contributed by atoms with Gasteiger partial charge in [-0.25, -0.2) is 4.79 Å². The Hall–Kier alpha value is -2.94. The van der Waals surface area contributed by atoms with Gasteiger partial charge in [0.2, 0.25) is 0 Å². The summed E-state index contributed by atoms with van der Waals surface area (Å²) < 4.78 is 5.07. The Morgan fingerprint density at radius 3 is 2.23 bits per heavy atom. The Kier molecular flexibility index (Phi) is 3.97. The first-order valence-electron chi connectivity index (χ1n) is 6.98. The molecule has 0 fully saturated rings. The molecule has 108 valence electrons. The van der Waals surface area contributed by atoms with Gasteiger partial charge in [0.05, 0.1) is 0 Å². The van der Waals surface area contributed by atoms with Gasteiger partial charge < -0.3 is 4.74 Å². The van der Waals surface area contributed by atoms with Crippen LogP contribution >= 0.6 is 0 Å². The van der Waals surface area contributed by atoms with Crippen LogP contribution in [0.3, 0.4) is 0 Å². The number of Topliss-reactive ketones (excluding diaryl/α,β-unsaturated/α-hetero) is 1. The van der Waals surface area contributed by atoms with E-state index in [1.807, 2.05) is 60.7 Å². The second-order valence-electron chi connectivity index (χ2n) is 4.95. The van der Waals surface area contributed by atoms with Crippen molar-refractivity contribution in [3.05, 3.63) is 83.9 Å². The molecule has 0 aliphatic carbocycles. The summed E-state index contributed by atoms with van der Waals surface area (Å²) in [7, 11) is 0. The molecule has 3 rings (SSSR count). The number of hydrogen-bond donors (Lipinski definition) is 0. The fourth-order valence-corrected chi connectivity index (χ4v) is 2.24. The van der Waals surface area contributed by atoms with Crippen LogP contribution in [0.15, 0.2) is 72.8 Å². The van der Waals surface area contributed by atoms with Crippen LogP contribution < -0.4 is 0 Å². The number of hydrogen-bond acceptors (Lipinski definition) is 3. The average Bonchev–Trinajstić information content (AvgIpc) is 2.59. The van der Waals surface area contributed by atoms with E-state index in [2.05, 4.69) is 0 Å². The number of carbonyl (C=O) groups excluding carboxylic acids is 2. The summed E-state index contributed by atoms with van der Waals surface area (Å²) in [6, 6.07) is 22.1. The van der Waals surface area contributed by atoms with Gasteiger partial charge in [-0.15, -0.1) is 0 Å². The van der Waals surface area contributed by atoms with Crippen LogP contribution in [0.5, 0.6) is 0 Å². The molecule has 22 heavy (non-hydrogen) atoms. The summed E-state index contributed by atoms with van der Waals surface area (Å²) in [5, 5.41) is 1.95. The van der Waals surface area contributed by atoms with Crippen molar-refractivity contribution in [3.8, 4) is 0 Å². The van der Waals surface area contributed by atoms with Crippen LogP contribution in [0.25, 0.3) is 10.8 Å². The summed E-state index contributed by atoms with van der Waals surface area (Å²) in [6.07, 6.45) is 0. The molecule has 0 aromatic heterocycles. The summed E-state index contributed by atoms with van der Waals surface area (Å²) in [4.78, 5) is 24.0. The van der Waals surface area contributed by atoms with E-state index in [0.717, 1.165) is 16.3 Å². The summed E-state index contributed by atoms with van der Waals surface area (Å²) in [5.41, 5.74) is 1.19. The normalized spacial score (nSPS) is 10.4. The number of rotatable bonds is 4. The van der Waals surface area contributed by atoms with Crippen molar-refractivity contribution in [2.24, 2.45) is 0 Å². The lowest BCUT2D eigenvalue weighted by Crippen LogP contribution is -2.17. The first kappa shape index (κ1) is 14.0. The van der Waals surface area contributed by atoms with E-state index in [9.17, 15) is 9.59 Å². The highest BCUT2D eigenvalue weighted by molar-refractivity contribution is 6.40. The molecule has 0 saturated heterocycles. The molecular formula is C19H14O3. The first-order chi connectivity index (χ1) is 10.7. The molecule has 3 aromatic rings. The van der Waals surface area contributed by atoms with Gasteiger partial charge in [0.15, 0.2) is 0 Å². The third-order valence-corrected chi connectivity index (χ3v) is 3.41. The molecule has 0 aliphatic heterocycles. The van der Waals surface area contributed by atoms with E-state index >= 15 is 0 Å². The molecular weight excluding hydrogens is 276 g/mol. The monoisotopic (exact) mass is 290 g/mol. The molecule has 0 aliphatic rings. The molecule has 0 bridgehead atoms. The van der Waals surface area contributed by atoms with E-state index in [1.165, 1.54) is 0 Å². The zero-order chi connectivity index (χ0) is 15.4. The molecule has 0 saturated carbocycles. The third-order valence-electron chi connectivity index (χ3n) is 3.41. The molecule has 0 spiro atoms. The minimum Gasteiger partial charge on any atom is -0.455 e. The Labute approximate surface area is 128 Å². The molecule has 0 radical (unpaired) electrons. The van der Waals surface area contributed by atoms with Crippen LogP contribution in [-0.2, 0) is 16.1 Å². The van der Waals surface area contributed by atoms with Gasteiger partial charge in [-0.05, 0) is 22.4 Å². The van der Waals surface area contributed by atoms with Crippen LogP contribution in [0.1, 0.15) is 15.9 Å².